The minimum absolute atomic E-state index is 0.0172. The highest BCUT2D eigenvalue weighted by molar-refractivity contribution is 5.95. The maximum absolute atomic E-state index is 11.7. The van der Waals surface area contributed by atoms with E-state index < -0.39 is 0 Å². The van der Waals surface area contributed by atoms with Crippen LogP contribution in [0.1, 0.15) is 36.5 Å². The molecule has 4 heteroatoms. The van der Waals surface area contributed by atoms with E-state index in [-0.39, 0.29) is 11.8 Å². The predicted molar refractivity (Wildman–Crippen MR) is 72.6 cm³/mol. The molecule has 0 saturated carbocycles. The summed E-state index contributed by atoms with van der Waals surface area (Å²) in [6, 6.07) is 6.94. The second-order valence-electron chi connectivity index (χ2n) is 4.43. The minimum Gasteiger partial charge on any atom is -0.345 e. The highest BCUT2D eigenvalue weighted by atomic mass is 16.2. The number of benzene rings is 1. The van der Waals surface area contributed by atoms with E-state index in [4.69, 9.17) is 0 Å². The van der Waals surface area contributed by atoms with E-state index in [0.717, 1.165) is 18.5 Å². The quantitative estimate of drug-likeness (QED) is 0.870. The van der Waals surface area contributed by atoms with Gasteiger partial charge in [0.15, 0.2) is 0 Å². The normalized spacial score (nSPS) is 9.94. The zero-order chi connectivity index (χ0) is 13.5. The van der Waals surface area contributed by atoms with Gasteiger partial charge in [-0.1, -0.05) is 13.3 Å². The van der Waals surface area contributed by atoms with E-state index in [1.54, 1.807) is 38.4 Å². The Balaban J connectivity index is 2.60. The Morgan fingerprint density at radius 1 is 1.17 bits per heavy atom. The molecule has 0 fully saturated rings. The summed E-state index contributed by atoms with van der Waals surface area (Å²) in [7, 11) is 3.42. The smallest absolute Gasteiger partial charge is 0.253 e. The van der Waals surface area contributed by atoms with E-state index in [0.29, 0.717) is 12.0 Å². The summed E-state index contributed by atoms with van der Waals surface area (Å²) in [5.41, 5.74) is 1.35. The number of carbonyl (C=O) groups is 2. The number of carbonyl (C=O) groups excluding carboxylic acids is 2. The van der Waals surface area contributed by atoms with Gasteiger partial charge in [0, 0.05) is 31.8 Å². The van der Waals surface area contributed by atoms with Crippen molar-refractivity contribution in [3.8, 4) is 0 Å². The first-order valence-electron chi connectivity index (χ1n) is 6.16. The Labute approximate surface area is 108 Å². The molecule has 0 bridgehead atoms. The van der Waals surface area contributed by atoms with Crippen molar-refractivity contribution in [2.24, 2.45) is 0 Å². The zero-order valence-corrected chi connectivity index (χ0v) is 11.2. The highest BCUT2D eigenvalue weighted by Gasteiger charge is 2.07. The first kappa shape index (κ1) is 14.2. The van der Waals surface area contributed by atoms with E-state index in [1.807, 2.05) is 0 Å². The summed E-state index contributed by atoms with van der Waals surface area (Å²) >= 11 is 0. The zero-order valence-electron chi connectivity index (χ0n) is 11.2. The van der Waals surface area contributed by atoms with Gasteiger partial charge in [-0.2, -0.15) is 0 Å². The highest BCUT2D eigenvalue weighted by Crippen LogP contribution is 2.11. The molecule has 0 spiro atoms. The SMILES string of the molecule is CCCCC(=O)Nc1ccc(C(=O)N(C)C)cc1. The monoisotopic (exact) mass is 248 g/mol. The largest absolute Gasteiger partial charge is 0.345 e. The molecular weight excluding hydrogens is 228 g/mol. The number of hydrogen-bond donors (Lipinski definition) is 1. The minimum atomic E-state index is -0.0427. The second kappa shape index (κ2) is 6.79. The van der Waals surface area contributed by atoms with Crippen molar-refractivity contribution in [3.05, 3.63) is 29.8 Å². The molecule has 0 aliphatic carbocycles. The summed E-state index contributed by atoms with van der Waals surface area (Å²) < 4.78 is 0. The molecule has 1 N–H and O–H groups in total. The molecule has 2 amide bonds. The van der Waals surface area contributed by atoms with Crippen LogP contribution in [0.3, 0.4) is 0 Å². The summed E-state index contributed by atoms with van der Waals surface area (Å²) in [6.45, 7) is 2.05. The fraction of sp³-hybridized carbons (Fsp3) is 0.429. The Kier molecular flexibility index (Phi) is 5.36. The molecule has 0 aliphatic rings. The molecule has 1 rings (SSSR count). The molecule has 0 radical (unpaired) electrons. The molecule has 1 aromatic rings. The van der Waals surface area contributed by atoms with Gasteiger partial charge in [0.1, 0.15) is 0 Å². The van der Waals surface area contributed by atoms with Crippen LogP contribution in [0.4, 0.5) is 5.69 Å². The van der Waals surface area contributed by atoms with Gasteiger partial charge >= 0.3 is 0 Å². The number of unbranched alkanes of at least 4 members (excludes halogenated alkanes) is 1. The lowest BCUT2D eigenvalue weighted by Gasteiger charge is -2.10. The molecule has 18 heavy (non-hydrogen) atoms. The molecule has 0 unspecified atom stereocenters. The standard InChI is InChI=1S/C14H20N2O2/c1-4-5-6-13(17)15-12-9-7-11(8-10-12)14(18)16(2)3/h7-10H,4-6H2,1-3H3,(H,15,17). The predicted octanol–water partition coefficient (Wildman–Crippen LogP) is 2.52. The molecule has 0 saturated heterocycles. The van der Waals surface area contributed by atoms with Crippen LogP contribution >= 0.6 is 0 Å². The lowest BCUT2D eigenvalue weighted by Crippen LogP contribution is -2.21. The second-order valence-corrected chi connectivity index (χ2v) is 4.43. The molecule has 0 aromatic heterocycles. The summed E-state index contributed by atoms with van der Waals surface area (Å²) in [4.78, 5) is 24.7. The van der Waals surface area contributed by atoms with Gasteiger partial charge in [-0.05, 0) is 30.7 Å². The van der Waals surface area contributed by atoms with Gasteiger partial charge in [-0.15, -0.1) is 0 Å². The van der Waals surface area contributed by atoms with Crippen molar-refractivity contribution in [2.45, 2.75) is 26.2 Å². The third-order valence-electron chi connectivity index (χ3n) is 2.58. The van der Waals surface area contributed by atoms with Gasteiger partial charge < -0.3 is 10.2 Å². The Morgan fingerprint density at radius 3 is 2.28 bits per heavy atom. The Bertz CT molecular complexity index is 410. The van der Waals surface area contributed by atoms with Crippen LogP contribution in [0.15, 0.2) is 24.3 Å². The lowest BCUT2D eigenvalue weighted by molar-refractivity contribution is -0.116. The average Bonchev–Trinajstić information content (AvgIpc) is 2.36. The molecule has 0 heterocycles. The first-order chi connectivity index (χ1) is 8.54. The van der Waals surface area contributed by atoms with E-state index in [2.05, 4.69) is 12.2 Å². The maximum Gasteiger partial charge on any atom is 0.253 e. The van der Waals surface area contributed by atoms with Crippen LogP contribution in [0, 0.1) is 0 Å². The van der Waals surface area contributed by atoms with Gasteiger partial charge in [0.25, 0.3) is 5.91 Å². The molecular formula is C14H20N2O2. The summed E-state index contributed by atoms with van der Waals surface area (Å²) in [5, 5.41) is 2.81. The number of anilines is 1. The third-order valence-corrected chi connectivity index (χ3v) is 2.58. The van der Waals surface area contributed by atoms with Gasteiger partial charge in [0.2, 0.25) is 5.91 Å². The van der Waals surface area contributed by atoms with Crippen LogP contribution in [0.2, 0.25) is 0 Å². The van der Waals surface area contributed by atoms with Crippen LogP contribution in [-0.2, 0) is 4.79 Å². The van der Waals surface area contributed by atoms with Gasteiger partial charge in [0.05, 0.1) is 0 Å². The fourth-order valence-corrected chi connectivity index (χ4v) is 1.52. The van der Waals surface area contributed by atoms with Crippen molar-refractivity contribution in [1.82, 2.24) is 4.90 Å². The fourth-order valence-electron chi connectivity index (χ4n) is 1.52. The van der Waals surface area contributed by atoms with Crippen molar-refractivity contribution in [3.63, 3.8) is 0 Å². The van der Waals surface area contributed by atoms with Crippen molar-refractivity contribution >= 4 is 17.5 Å². The number of nitrogens with one attached hydrogen (secondary N) is 1. The van der Waals surface area contributed by atoms with Crippen molar-refractivity contribution in [1.29, 1.82) is 0 Å². The van der Waals surface area contributed by atoms with E-state index in [9.17, 15) is 9.59 Å². The molecule has 1 aromatic carbocycles. The Hall–Kier alpha value is -1.84. The van der Waals surface area contributed by atoms with Gasteiger partial charge in [-0.25, -0.2) is 0 Å². The number of rotatable bonds is 5. The number of amides is 2. The van der Waals surface area contributed by atoms with Crippen LogP contribution in [-0.4, -0.2) is 30.8 Å². The topological polar surface area (TPSA) is 49.4 Å². The molecule has 4 nitrogen and oxygen atoms in total. The van der Waals surface area contributed by atoms with Gasteiger partial charge in [-0.3, -0.25) is 9.59 Å². The molecule has 0 aliphatic heterocycles. The molecule has 98 valence electrons. The lowest BCUT2D eigenvalue weighted by atomic mass is 10.2. The summed E-state index contributed by atoms with van der Waals surface area (Å²) in [6.07, 6.45) is 2.43. The van der Waals surface area contributed by atoms with E-state index in [1.165, 1.54) is 4.90 Å². The Morgan fingerprint density at radius 2 is 1.78 bits per heavy atom. The number of hydrogen-bond acceptors (Lipinski definition) is 2. The van der Waals surface area contributed by atoms with Crippen molar-refractivity contribution in [2.75, 3.05) is 19.4 Å². The molecule has 0 atom stereocenters. The van der Waals surface area contributed by atoms with Crippen LogP contribution < -0.4 is 5.32 Å². The van der Waals surface area contributed by atoms with Crippen LogP contribution in [0.5, 0.6) is 0 Å². The summed E-state index contributed by atoms with van der Waals surface area (Å²) in [5.74, 6) is -0.0256. The average molecular weight is 248 g/mol. The first-order valence-corrected chi connectivity index (χ1v) is 6.16. The van der Waals surface area contributed by atoms with E-state index >= 15 is 0 Å². The van der Waals surface area contributed by atoms with Crippen LogP contribution in [0.25, 0.3) is 0 Å². The number of nitrogens with zero attached hydrogens (tertiary/aromatic N) is 1. The maximum atomic E-state index is 11.7. The third kappa shape index (κ3) is 4.20. The van der Waals surface area contributed by atoms with Crippen molar-refractivity contribution < 1.29 is 9.59 Å².